The molecule has 1 fully saturated rings. The van der Waals surface area contributed by atoms with Crippen LogP contribution >= 0.6 is 0 Å². The molecular formula is C28H26F6O. The molecule has 0 heterocycles. The summed E-state index contributed by atoms with van der Waals surface area (Å²) in [6, 6.07) is 7.58. The van der Waals surface area contributed by atoms with Crippen molar-refractivity contribution in [3.63, 3.8) is 0 Å². The third-order valence-corrected chi connectivity index (χ3v) is 6.88. The number of hydrogen-bond acceptors (Lipinski definition) is 1. The summed E-state index contributed by atoms with van der Waals surface area (Å²) in [6.07, 6.45) is 4.85. The van der Waals surface area contributed by atoms with Gasteiger partial charge in [0, 0.05) is 16.7 Å². The number of ether oxygens (including phenoxy) is 1. The second kappa shape index (κ2) is 10.3. The summed E-state index contributed by atoms with van der Waals surface area (Å²) in [5.74, 6) is -8.23. The van der Waals surface area contributed by atoms with Gasteiger partial charge in [0.2, 0.25) is 0 Å². The van der Waals surface area contributed by atoms with Crippen LogP contribution in [0, 0.1) is 47.7 Å². The van der Waals surface area contributed by atoms with Crippen molar-refractivity contribution in [3.05, 3.63) is 82.4 Å². The van der Waals surface area contributed by atoms with Crippen molar-refractivity contribution >= 4 is 0 Å². The Morgan fingerprint density at radius 1 is 0.800 bits per heavy atom. The van der Waals surface area contributed by atoms with Crippen molar-refractivity contribution in [2.45, 2.75) is 58.3 Å². The fourth-order valence-electron chi connectivity index (χ4n) is 4.99. The van der Waals surface area contributed by atoms with Gasteiger partial charge in [0.05, 0.1) is 0 Å². The van der Waals surface area contributed by atoms with Crippen molar-refractivity contribution in [2.75, 3.05) is 0 Å². The standard InChI is InChI=1S/C28H26F6O/c1-3-6-16-9-11-17(12-10-16)23-27(34)24(31)15(2)25(32)28(23)35-22-8-5-4-7-19(22)18-13-20(29)26(33)21(30)14-18/h4-5,7-8,13-14,16-17H,3,6,9-12H2,1-2H3/t16-,17-. The molecule has 0 spiro atoms. The molecule has 0 aliphatic heterocycles. The molecule has 0 amide bonds. The lowest BCUT2D eigenvalue weighted by Gasteiger charge is -2.30. The van der Waals surface area contributed by atoms with Crippen LogP contribution in [0.25, 0.3) is 11.1 Å². The third-order valence-electron chi connectivity index (χ3n) is 6.88. The van der Waals surface area contributed by atoms with E-state index in [-0.39, 0.29) is 22.4 Å². The first kappa shape index (κ1) is 25.1. The van der Waals surface area contributed by atoms with Crippen molar-refractivity contribution in [1.82, 2.24) is 0 Å². The van der Waals surface area contributed by atoms with Crippen molar-refractivity contribution < 1.29 is 31.1 Å². The largest absolute Gasteiger partial charge is 0.453 e. The van der Waals surface area contributed by atoms with Gasteiger partial charge in [-0.25, -0.2) is 26.3 Å². The Balaban J connectivity index is 1.78. The molecule has 186 valence electrons. The van der Waals surface area contributed by atoms with E-state index in [1.165, 1.54) is 12.1 Å². The lowest BCUT2D eigenvalue weighted by molar-refractivity contribution is 0.295. The molecular weight excluding hydrogens is 466 g/mol. The molecule has 35 heavy (non-hydrogen) atoms. The van der Waals surface area contributed by atoms with Gasteiger partial charge in [0.15, 0.2) is 40.7 Å². The summed E-state index contributed by atoms with van der Waals surface area (Å²) in [4.78, 5) is 0. The van der Waals surface area contributed by atoms with Crippen molar-refractivity contribution in [1.29, 1.82) is 0 Å². The average Bonchev–Trinajstić information content (AvgIpc) is 2.85. The Morgan fingerprint density at radius 3 is 2.06 bits per heavy atom. The zero-order valence-corrected chi connectivity index (χ0v) is 19.5. The van der Waals surface area contributed by atoms with Crippen LogP contribution in [0.5, 0.6) is 11.5 Å². The fourth-order valence-corrected chi connectivity index (χ4v) is 4.99. The molecule has 0 bridgehead atoms. The molecule has 7 heteroatoms. The first-order chi connectivity index (χ1) is 16.7. The highest BCUT2D eigenvalue weighted by Gasteiger charge is 2.32. The molecule has 0 saturated heterocycles. The fraction of sp³-hybridized carbons (Fsp3) is 0.357. The quantitative estimate of drug-likeness (QED) is 0.189. The number of halogens is 6. The zero-order valence-electron chi connectivity index (χ0n) is 19.5. The monoisotopic (exact) mass is 492 g/mol. The van der Waals surface area contributed by atoms with Crippen LogP contribution in [-0.4, -0.2) is 0 Å². The van der Waals surface area contributed by atoms with E-state index in [4.69, 9.17) is 4.74 Å². The van der Waals surface area contributed by atoms with Crippen LogP contribution in [0.15, 0.2) is 36.4 Å². The maximum absolute atomic E-state index is 15.4. The molecule has 1 nitrogen and oxygen atoms in total. The topological polar surface area (TPSA) is 9.23 Å². The minimum Gasteiger partial charge on any atom is -0.453 e. The van der Waals surface area contributed by atoms with Gasteiger partial charge in [-0.2, -0.15) is 0 Å². The average molecular weight is 493 g/mol. The summed E-state index contributed by atoms with van der Waals surface area (Å²) >= 11 is 0. The van der Waals surface area contributed by atoms with Crippen LogP contribution in [0.2, 0.25) is 0 Å². The van der Waals surface area contributed by atoms with Gasteiger partial charge in [-0.15, -0.1) is 0 Å². The predicted octanol–water partition coefficient (Wildman–Crippen LogP) is 9.36. The van der Waals surface area contributed by atoms with E-state index in [2.05, 4.69) is 6.92 Å². The Hall–Kier alpha value is -2.96. The first-order valence-corrected chi connectivity index (χ1v) is 11.8. The zero-order chi connectivity index (χ0) is 25.3. The molecule has 0 N–H and O–H groups in total. The second-order valence-electron chi connectivity index (χ2n) is 9.17. The number of hydrogen-bond donors (Lipinski definition) is 0. The minimum absolute atomic E-state index is 0.0249. The maximum Gasteiger partial charge on any atom is 0.194 e. The molecule has 0 unspecified atom stereocenters. The lowest BCUT2D eigenvalue weighted by atomic mass is 9.76. The molecule has 3 aromatic rings. The number of benzene rings is 3. The van der Waals surface area contributed by atoms with E-state index >= 15 is 8.78 Å². The third kappa shape index (κ3) is 4.91. The van der Waals surface area contributed by atoms with E-state index in [0.29, 0.717) is 18.8 Å². The highest BCUT2D eigenvalue weighted by atomic mass is 19.2. The van der Waals surface area contributed by atoms with Gasteiger partial charge in [-0.3, -0.25) is 0 Å². The van der Waals surface area contributed by atoms with Crippen LogP contribution in [-0.2, 0) is 0 Å². The van der Waals surface area contributed by atoms with Crippen LogP contribution in [0.1, 0.15) is 62.5 Å². The molecule has 1 aliphatic rings. The first-order valence-electron chi connectivity index (χ1n) is 11.8. The normalized spacial score (nSPS) is 18.1. The van der Waals surface area contributed by atoms with Gasteiger partial charge < -0.3 is 4.74 Å². The molecule has 0 atom stereocenters. The second-order valence-corrected chi connectivity index (χ2v) is 9.17. The number of para-hydroxylation sites is 1. The van der Waals surface area contributed by atoms with Gasteiger partial charge in [0.25, 0.3) is 0 Å². The van der Waals surface area contributed by atoms with E-state index in [0.717, 1.165) is 44.7 Å². The molecule has 3 aromatic carbocycles. The highest BCUT2D eigenvalue weighted by Crippen LogP contribution is 2.46. The molecule has 1 aliphatic carbocycles. The maximum atomic E-state index is 15.4. The number of rotatable bonds is 6. The van der Waals surface area contributed by atoms with Gasteiger partial charge in [0.1, 0.15) is 5.75 Å². The van der Waals surface area contributed by atoms with Crippen LogP contribution in [0.3, 0.4) is 0 Å². The van der Waals surface area contributed by atoms with Gasteiger partial charge >= 0.3 is 0 Å². The van der Waals surface area contributed by atoms with Gasteiger partial charge in [-0.1, -0.05) is 38.0 Å². The summed E-state index contributed by atoms with van der Waals surface area (Å²) in [7, 11) is 0. The minimum atomic E-state index is -1.62. The molecule has 0 radical (unpaired) electrons. The molecule has 4 rings (SSSR count). The summed E-state index contributed by atoms with van der Waals surface area (Å²) in [6.45, 7) is 3.22. The van der Waals surface area contributed by atoms with E-state index in [1.807, 2.05) is 0 Å². The summed E-state index contributed by atoms with van der Waals surface area (Å²) < 4.78 is 92.3. The van der Waals surface area contributed by atoms with Crippen LogP contribution < -0.4 is 4.74 Å². The molecule has 1 saturated carbocycles. The highest BCUT2D eigenvalue weighted by molar-refractivity contribution is 5.71. The SMILES string of the molecule is CCC[C@H]1CC[C@H](c2c(F)c(F)c(C)c(F)c2Oc2ccccc2-c2cc(F)c(F)c(F)c2)CC1. The van der Waals surface area contributed by atoms with Crippen molar-refractivity contribution in [3.8, 4) is 22.6 Å². The summed E-state index contributed by atoms with van der Waals surface area (Å²) in [5, 5.41) is 0. The Labute approximate surface area is 200 Å². The van der Waals surface area contributed by atoms with Gasteiger partial charge in [-0.05, 0) is 68.2 Å². The Kier molecular flexibility index (Phi) is 7.43. The Bertz CT molecular complexity index is 1210. The molecule has 0 aromatic heterocycles. The van der Waals surface area contributed by atoms with Crippen LogP contribution in [0.4, 0.5) is 26.3 Å². The lowest BCUT2D eigenvalue weighted by Crippen LogP contribution is -2.17. The Morgan fingerprint density at radius 2 is 1.43 bits per heavy atom. The summed E-state index contributed by atoms with van der Waals surface area (Å²) in [5.41, 5.74) is -0.577. The van der Waals surface area contributed by atoms with E-state index < -0.39 is 52.1 Å². The van der Waals surface area contributed by atoms with Crippen molar-refractivity contribution in [2.24, 2.45) is 5.92 Å². The smallest absolute Gasteiger partial charge is 0.194 e. The van der Waals surface area contributed by atoms with E-state index in [9.17, 15) is 17.6 Å². The predicted molar refractivity (Wildman–Crippen MR) is 122 cm³/mol. The van der Waals surface area contributed by atoms with E-state index in [1.54, 1.807) is 12.1 Å².